The highest BCUT2D eigenvalue weighted by atomic mass is 16.5. The van der Waals surface area contributed by atoms with Gasteiger partial charge in [-0.05, 0) is 44.9 Å². The fourth-order valence-corrected chi connectivity index (χ4v) is 3.85. The molecule has 1 fully saturated rings. The maximum atomic E-state index is 12.7. The van der Waals surface area contributed by atoms with Crippen molar-refractivity contribution in [3.05, 3.63) is 69.3 Å². The van der Waals surface area contributed by atoms with E-state index in [0.29, 0.717) is 23.1 Å². The van der Waals surface area contributed by atoms with Crippen LogP contribution in [-0.4, -0.2) is 35.6 Å². The Kier molecular flexibility index (Phi) is 5.55. The van der Waals surface area contributed by atoms with Crippen LogP contribution in [0.1, 0.15) is 44.9 Å². The van der Waals surface area contributed by atoms with Gasteiger partial charge in [0.2, 0.25) is 5.78 Å². The maximum absolute atomic E-state index is 12.7. The summed E-state index contributed by atoms with van der Waals surface area (Å²) in [4.78, 5) is 37.1. The largest absolute Gasteiger partial charge is 0.453 e. The molecule has 0 spiro atoms. The molecule has 0 saturated carbocycles. The third kappa shape index (κ3) is 3.93. The van der Waals surface area contributed by atoms with E-state index in [9.17, 15) is 14.4 Å². The molecule has 3 heterocycles. The van der Waals surface area contributed by atoms with Gasteiger partial charge in [0.25, 0.3) is 0 Å². The number of fused-ring (bicyclic) bond motifs is 1. The van der Waals surface area contributed by atoms with Crippen LogP contribution in [-0.2, 0) is 16.0 Å². The Balaban J connectivity index is 1.46. The third-order valence-corrected chi connectivity index (χ3v) is 5.48. The summed E-state index contributed by atoms with van der Waals surface area (Å²) in [6.07, 6.45) is 2.21. The number of ketones is 1. The number of para-hydroxylation sites is 1. The Bertz CT molecular complexity index is 1170. The quantitative estimate of drug-likeness (QED) is 0.352. The van der Waals surface area contributed by atoms with E-state index in [1.165, 1.54) is 6.07 Å². The Morgan fingerprint density at radius 3 is 2.73 bits per heavy atom. The number of ether oxygens (including phenoxy) is 2. The molecule has 0 amide bonds. The van der Waals surface area contributed by atoms with Gasteiger partial charge in [0.1, 0.15) is 11.1 Å². The summed E-state index contributed by atoms with van der Waals surface area (Å²) in [7, 11) is 0. The minimum absolute atomic E-state index is 0.155. The molecule has 3 aromatic rings. The number of rotatable bonds is 6. The van der Waals surface area contributed by atoms with Crippen LogP contribution in [0.15, 0.2) is 45.6 Å². The van der Waals surface area contributed by atoms with Crippen molar-refractivity contribution >= 4 is 22.7 Å². The van der Waals surface area contributed by atoms with Crippen LogP contribution in [0.3, 0.4) is 0 Å². The smallest absolute Gasteiger partial charge is 0.351 e. The van der Waals surface area contributed by atoms with Crippen LogP contribution in [0.5, 0.6) is 0 Å². The molecule has 156 valence electrons. The standard InChI is InChI=1S/C23H23NO6/c1-14-10-18(15(2)24(14)12-17-7-5-9-28-17)20(25)13-29-22(26)19-11-16-6-3-4-8-21(16)30-23(19)27/h3-4,6,8,10-11,17H,5,7,9,12-13H2,1-2H3/t17-/m0/s1. The number of aryl methyl sites for hydroxylation is 1. The first kappa shape index (κ1) is 20.1. The van der Waals surface area contributed by atoms with E-state index in [1.807, 2.05) is 13.8 Å². The predicted octanol–water partition coefficient (Wildman–Crippen LogP) is 3.43. The molecule has 1 saturated heterocycles. The first-order valence-electron chi connectivity index (χ1n) is 9.95. The van der Waals surface area contributed by atoms with Gasteiger partial charge in [-0.15, -0.1) is 0 Å². The lowest BCUT2D eigenvalue weighted by molar-refractivity contribution is 0.0470. The fraction of sp³-hybridized carbons (Fsp3) is 0.348. The van der Waals surface area contributed by atoms with Crippen LogP contribution in [0.25, 0.3) is 11.0 Å². The van der Waals surface area contributed by atoms with Crippen LogP contribution in [0.4, 0.5) is 0 Å². The molecule has 1 atom stereocenters. The van der Waals surface area contributed by atoms with Crippen LogP contribution >= 0.6 is 0 Å². The Labute approximate surface area is 173 Å². The molecule has 1 aliphatic heterocycles. The molecule has 2 aromatic heterocycles. The monoisotopic (exact) mass is 409 g/mol. The lowest BCUT2D eigenvalue weighted by atomic mass is 10.1. The van der Waals surface area contributed by atoms with Crippen molar-refractivity contribution in [2.45, 2.75) is 39.3 Å². The number of hydrogen-bond acceptors (Lipinski definition) is 6. The zero-order valence-corrected chi connectivity index (χ0v) is 17.0. The van der Waals surface area contributed by atoms with E-state index < -0.39 is 18.2 Å². The average Bonchev–Trinajstić information content (AvgIpc) is 3.35. The second kappa shape index (κ2) is 8.28. The first-order chi connectivity index (χ1) is 14.4. The Morgan fingerprint density at radius 2 is 1.97 bits per heavy atom. The summed E-state index contributed by atoms with van der Waals surface area (Å²) in [6, 6.07) is 10.1. The number of nitrogens with zero attached hydrogens (tertiary/aromatic N) is 1. The normalized spacial score (nSPS) is 16.1. The highest BCUT2D eigenvalue weighted by molar-refractivity contribution is 6.00. The molecule has 0 aliphatic carbocycles. The van der Waals surface area contributed by atoms with Crippen molar-refractivity contribution in [1.29, 1.82) is 0 Å². The summed E-state index contributed by atoms with van der Waals surface area (Å²) >= 11 is 0. The number of hydrogen-bond donors (Lipinski definition) is 0. The van der Waals surface area contributed by atoms with Gasteiger partial charge in [-0.1, -0.05) is 18.2 Å². The van der Waals surface area contributed by atoms with Gasteiger partial charge in [0, 0.05) is 35.5 Å². The SMILES string of the molecule is Cc1cc(C(=O)COC(=O)c2cc3ccccc3oc2=O)c(C)n1C[C@@H]1CCCO1. The molecule has 1 aliphatic rings. The van der Waals surface area contributed by atoms with Crippen molar-refractivity contribution in [3.8, 4) is 0 Å². The van der Waals surface area contributed by atoms with Gasteiger partial charge in [0.15, 0.2) is 6.61 Å². The highest BCUT2D eigenvalue weighted by Crippen LogP contribution is 2.21. The highest BCUT2D eigenvalue weighted by Gasteiger charge is 2.22. The van der Waals surface area contributed by atoms with E-state index in [0.717, 1.165) is 30.8 Å². The van der Waals surface area contributed by atoms with Crippen molar-refractivity contribution < 1.29 is 23.5 Å². The molecular weight excluding hydrogens is 386 g/mol. The number of Topliss-reactive ketones (excluding diaryl/α,β-unsaturated/α-hetero) is 1. The fourth-order valence-electron chi connectivity index (χ4n) is 3.85. The first-order valence-corrected chi connectivity index (χ1v) is 9.95. The summed E-state index contributed by atoms with van der Waals surface area (Å²) < 4.78 is 18.0. The van der Waals surface area contributed by atoms with Gasteiger partial charge in [0.05, 0.1) is 6.10 Å². The zero-order valence-electron chi connectivity index (χ0n) is 17.0. The lowest BCUT2D eigenvalue weighted by Gasteiger charge is -2.14. The van der Waals surface area contributed by atoms with Gasteiger partial charge in [-0.2, -0.15) is 0 Å². The number of esters is 1. The molecule has 7 heteroatoms. The van der Waals surface area contributed by atoms with Gasteiger partial charge in [-0.25, -0.2) is 9.59 Å². The minimum Gasteiger partial charge on any atom is -0.453 e. The van der Waals surface area contributed by atoms with Crippen molar-refractivity contribution in [3.63, 3.8) is 0 Å². The van der Waals surface area contributed by atoms with E-state index in [1.54, 1.807) is 30.3 Å². The minimum atomic E-state index is -0.879. The third-order valence-electron chi connectivity index (χ3n) is 5.48. The molecule has 0 N–H and O–H groups in total. The van der Waals surface area contributed by atoms with Gasteiger partial charge < -0.3 is 18.5 Å². The molecule has 0 unspecified atom stereocenters. The van der Waals surface area contributed by atoms with Gasteiger partial charge in [-0.3, -0.25) is 4.79 Å². The van der Waals surface area contributed by atoms with E-state index in [-0.39, 0.29) is 17.5 Å². The summed E-state index contributed by atoms with van der Waals surface area (Å²) in [5, 5.41) is 0.605. The molecule has 4 rings (SSSR count). The number of benzene rings is 1. The predicted molar refractivity (Wildman–Crippen MR) is 110 cm³/mol. The summed E-state index contributed by atoms with van der Waals surface area (Å²) in [5.41, 5.74) is 1.63. The maximum Gasteiger partial charge on any atom is 0.351 e. The van der Waals surface area contributed by atoms with E-state index in [2.05, 4.69) is 4.57 Å². The second-order valence-corrected chi connectivity index (χ2v) is 7.52. The molecular formula is C23H23NO6. The molecule has 0 radical (unpaired) electrons. The average molecular weight is 409 g/mol. The van der Waals surface area contributed by atoms with E-state index in [4.69, 9.17) is 13.9 Å². The molecule has 1 aromatic carbocycles. The summed E-state index contributed by atoms with van der Waals surface area (Å²) in [5.74, 6) is -1.20. The number of carbonyl (C=O) groups is 2. The topological polar surface area (TPSA) is 87.7 Å². The lowest BCUT2D eigenvalue weighted by Crippen LogP contribution is -2.20. The molecule has 0 bridgehead atoms. The van der Waals surface area contributed by atoms with Crippen LogP contribution < -0.4 is 5.63 Å². The summed E-state index contributed by atoms with van der Waals surface area (Å²) in [6.45, 7) is 4.83. The van der Waals surface area contributed by atoms with Crippen LogP contribution in [0, 0.1) is 13.8 Å². The number of carbonyl (C=O) groups excluding carboxylic acids is 2. The van der Waals surface area contributed by atoms with Crippen molar-refractivity contribution in [1.82, 2.24) is 4.57 Å². The van der Waals surface area contributed by atoms with Crippen molar-refractivity contribution in [2.75, 3.05) is 13.2 Å². The molecule has 30 heavy (non-hydrogen) atoms. The second-order valence-electron chi connectivity index (χ2n) is 7.52. The molecule has 7 nitrogen and oxygen atoms in total. The van der Waals surface area contributed by atoms with E-state index >= 15 is 0 Å². The Morgan fingerprint density at radius 1 is 1.17 bits per heavy atom. The van der Waals surface area contributed by atoms with Crippen molar-refractivity contribution in [2.24, 2.45) is 0 Å². The zero-order chi connectivity index (χ0) is 21.3. The van der Waals surface area contributed by atoms with Gasteiger partial charge >= 0.3 is 11.6 Å². The number of aromatic nitrogens is 1. The van der Waals surface area contributed by atoms with Crippen LogP contribution in [0.2, 0.25) is 0 Å². The Hall–Kier alpha value is -3.19.